The van der Waals surface area contributed by atoms with E-state index in [9.17, 15) is 9.90 Å². The van der Waals surface area contributed by atoms with E-state index in [1.807, 2.05) is 53.7 Å². The van der Waals surface area contributed by atoms with Crippen molar-refractivity contribution in [3.05, 3.63) is 59.8 Å². The van der Waals surface area contributed by atoms with E-state index in [0.717, 1.165) is 11.3 Å². The van der Waals surface area contributed by atoms with Crippen molar-refractivity contribution in [1.29, 1.82) is 0 Å². The van der Waals surface area contributed by atoms with E-state index in [4.69, 9.17) is 0 Å². The monoisotopic (exact) mass is 560 g/mol. The van der Waals surface area contributed by atoms with Crippen LogP contribution in [-0.2, 0) is 24.9 Å². The molecule has 1 N–H and O–H groups in total. The normalized spacial score (nSPS) is 11.8. The zero-order chi connectivity index (χ0) is 20.8. The summed E-state index contributed by atoms with van der Waals surface area (Å²) in [5, 5.41) is 9.56. The van der Waals surface area contributed by atoms with Crippen LogP contribution in [0.2, 0.25) is 0 Å². The van der Waals surface area contributed by atoms with Crippen molar-refractivity contribution >= 4 is 5.78 Å². The zero-order valence-electron chi connectivity index (χ0n) is 18.0. The summed E-state index contributed by atoms with van der Waals surface area (Å²) in [7, 11) is 0. The van der Waals surface area contributed by atoms with Crippen molar-refractivity contribution in [3.63, 3.8) is 0 Å². The molecule has 0 bridgehead atoms. The summed E-state index contributed by atoms with van der Waals surface area (Å²) in [5.74, 6) is 0.104. The number of aliphatic hydroxyl groups excluding tert-OH is 1. The molecule has 0 atom stereocenters. The van der Waals surface area contributed by atoms with Gasteiger partial charge in [0.2, 0.25) is 0 Å². The molecule has 5 heteroatoms. The van der Waals surface area contributed by atoms with Gasteiger partial charge in [-0.1, -0.05) is 61.5 Å². The molecule has 0 aliphatic rings. The van der Waals surface area contributed by atoms with Crippen molar-refractivity contribution in [2.45, 2.75) is 55.4 Å². The van der Waals surface area contributed by atoms with Gasteiger partial charge < -0.3 is 5.11 Å². The Hall–Kier alpha value is -1.84. The van der Waals surface area contributed by atoms with E-state index in [1.165, 1.54) is 17.2 Å². The molecule has 2 rings (SSSR count). The fourth-order valence-electron chi connectivity index (χ4n) is 2.03. The van der Waals surface area contributed by atoms with Crippen LogP contribution in [0.5, 0.6) is 0 Å². The van der Waals surface area contributed by atoms with Gasteiger partial charge in [-0.05, 0) is 5.69 Å². The number of rotatable bonds is 2. The molecule has 0 fully saturated rings. The molecule has 0 saturated heterocycles. The molecular weight excluding hydrogens is 528 g/mol. The Balaban J connectivity index is 0.000000505. The van der Waals surface area contributed by atoms with Gasteiger partial charge in [0.1, 0.15) is 12.1 Å². The summed E-state index contributed by atoms with van der Waals surface area (Å²) in [4.78, 5) is 19.6. The van der Waals surface area contributed by atoms with Gasteiger partial charge in [-0.3, -0.25) is 9.78 Å². The molecule has 1 radical (unpaired) electrons. The van der Waals surface area contributed by atoms with Gasteiger partial charge in [0, 0.05) is 43.2 Å². The van der Waals surface area contributed by atoms with Crippen molar-refractivity contribution in [3.8, 4) is 11.3 Å². The van der Waals surface area contributed by atoms with Crippen LogP contribution in [0.4, 0.5) is 0 Å². The Labute approximate surface area is 182 Å². The van der Waals surface area contributed by atoms with Crippen molar-refractivity contribution in [2.75, 3.05) is 0 Å². The SMILES string of the molecule is CC(C)(C)C(=O)/C=C(\O)C(C)(C)C.Cc1c[c-]c(-c2ccncn2)c(C)c1.[Ir]. The van der Waals surface area contributed by atoms with Crippen molar-refractivity contribution < 1.29 is 30.0 Å². The maximum absolute atomic E-state index is 11.5. The second-order valence-corrected chi connectivity index (χ2v) is 8.72. The molecule has 2 aromatic rings. The zero-order valence-corrected chi connectivity index (χ0v) is 20.4. The second kappa shape index (κ2) is 10.6. The third-order valence-corrected chi connectivity index (χ3v) is 3.90. The summed E-state index contributed by atoms with van der Waals surface area (Å²) in [6.07, 6.45) is 4.64. The molecule has 0 aliphatic carbocycles. The molecule has 1 heterocycles. The smallest absolute Gasteiger partial charge is 0.164 e. The Morgan fingerprint density at radius 3 is 2.14 bits per heavy atom. The third kappa shape index (κ3) is 8.45. The van der Waals surface area contributed by atoms with Gasteiger partial charge in [-0.15, -0.1) is 34.9 Å². The quantitative estimate of drug-likeness (QED) is 0.294. The van der Waals surface area contributed by atoms with E-state index >= 15 is 0 Å². The number of nitrogens with zero attached hydrogens (tertiary/aromatic N) is 2. The Morgan fingerprint density at radius 2 is 1.71 bits per heavy atom. The number of carbonyl (C=O) groups is 1. The van der Waals surface area contributed by atoms with Crippen LogP contribution in [0, 0.1) is 30.7 Å². The number of benzene rings is 1. The Kier molecular flexibility index (Phi) is 9.94. The topological polar surface area (TPSA) is 63.1 Å². The molecule has 0 saturated carbocycles. The molecule has 0 unspecified atom stereocenters. The largest absolute Gasteiger partial charge is 0.512 e. The average Bonchev–Trinajstić information content (AvgIpc) is 2.54. The molecular formula is C23H31IrN2O2-. The summed E-state index contributed by atoms with van der Waals surface area (Å²) >= 11 is 0. The van der Waals surface area contributed by atoms with Crippen LogP contribution in [-0.4, -0.2) is 20.9 Å². The second-order valence-electron chi connectivity index (χ2n) is 8.72. The van der Waals surface area contributed by atoms with Crippen molar-refractivity contribution in [1.82, 2.24) is 9.97 Å². The first kappa shape index (κ1) is 26.2. The average molecular weight is 560 g/mol. The van der Waals surface area contributed by atoms with Crippen LogP contribution >= 0.6 is 0 Å². The molecule has 155 valence electrons. The number of aliphatic hydroxyl groups is 1. The third-order valence-electron chi connectivity index (χ3n) is 3.90. The molecule has 0 aliphatic heterocycles. The van der Waals surface area contributed by atoms with E-state index in [1.54, 1.807) is 12.5 Å². The fourth-order valence-corrected chi connectivity index (χ4v) is 2.03. The minimum absolute atomic E-state index is 0. The number of hydrogen-bond donors (Lipinski definition) is 1. The van der Waals surface area contributed by atoms with Crippen LogP contribution in [0.25, 0.3) is 11.3 Å². The Morgan fingerprint density at radius 1 is 1.11 bits per heavy atom. The molecule has 28 heavy (non-hydrogen) atoms. The molecule has 0 amide bonds. The number of allylic oxidation sites excluding steroid dienone is 2. The summed E-state index contributed by atoms with van der Waals surface area (Å²) in [6, 6.07) is 9.24. The standard InChI is InChI=1S/C12H11N2.C11H20O2.Ir/c1-9-3-4-11(10(2)7-9)12-5-6-13-8-14-12;1-10(2,3)8(12)7-9(13)11(4,5)6;/h3,5-8H,1-2H3;7,12H,1-6H3;/q-1;;/b;8-7-;. The van der Waals surface area contributed by atoms with Gasteiger partial charge >= 0.3 is 0 Å². The minimum Gasteiger partial charge on any atom is -0.512 e. The maximum atomic E-state index is 11.5. The first-order valence-electron chi connectivity index (χ1n) is 9.03. The number of aryl methyl sites for hydroxylation is 2. The van der Waals surface area contributed by atoms with Crippen LogP contribution in [0.15, 0.2) is 42.6 Å². The van der Waals surface area contributed by atoms with Crippen molar-refractivity contribution in [2.24, 2.45) is 10.8 Å². The van der Waals surface area contributed by atoms with E-state index in [2.05, 4.69) is 35.9 Å². The summed E-state index contributed by atoms with van der Waals surface area (Å²) in [5.41, 5.74) is 3.64. The van der Waals surface area contributed by atoms with Gasteiger partial charge in [0.25, 0.3) is 0 Å². The van der Waals surface area contributed by atoms with Crippen LogP contribution in [0.1, 0.15) is 52.7 Å². The first-order chi connectivity index (χ1) is 12.3. The maximum Gasteiger partial charge on any atom is 0.164 e. The number of carbonyl (C=O) groups excluding carboxylic acids is 1. The summed E-state index contributed by atoms with van der Waals surface area (Å²) in [6.45, 7) is 15.2. The van der Waals surface area contributed by atoms with Gasteiger partial charge in [-0.2, -0.15) is 0 Å². The molecule has 1 aromatic carbocycles. The number of aromatic nitrogens is 2. The predicted molar refractivity (Wildman–Crippen MR) is 110 cm³/mol. The number of ketones is 1. The summed E-state index contributed by atoms with van der Waals surface area (Å²) < 4.78 is 0. The molecule has 0 spiro atoms. The molecule has 1 aromatic heterocycles. The fraction of sp³-hybridized carbons (Fsp3) is 0.435. The molecule has 4 nitrogen and oxygen atoms in total. The Bertz CT molecular complexity index is 802. The number of hydrogen-bond acceptors (Lipinski definition) is 4. The van der Waals surface area contributed by atoms with Gasteiger partial charge in [0.15, 0.2) is 5.78 Å². The van der Waals surface area contributed by atoms with Crippen LogP contribution < -0.4 is 0 Å². The van der Waals surface area contributed by atoms with E-state index in [-0.39, 0.29) is 37.1 Å². The predicted octanol–water partition coefficient (Wildman–Crippen LogP) is 5.65. The van der Waals surface area contributed by atoms with Gasteiger partial charge in [0.05, 0.1) is 0 Å². The first-order valence-corrected chi connectivity index (χ1v) is 9.03. The van der Waals surface area contributed by atoms with Gasteiger partial charge in [-0.25, -0.2) is 4.98 Å². The van der Waals surface area contributed by atoms with E-state index < -0.39 is 5.41 Å². The van der Waals surface area contributed by atoms with Crippen LogP contribution in [0.3, 0.4) is 0 Å². The minimum atomic E-state index is -0.417. The van der Waals surface area contributed by atoms with E-state index in [0.29, 0.717) is 0 Å².